The predicted molar refractivity (Wildman–Crippen MR) is 220 cm³/mol. The van der Waals surface area contributed by atoms with Crippen LogP contribution in [0.15, 0.2) is 65.7 Å². The van der Waals surface area contributed by atoms with Gasteiger partial charge in [0.2, 0.25) is 17.7 Å². The fourth-order valence-electron chi connectivity index (χ4n) is 9.78. The number of fused-ring (bicyclic) bond motifs is 1. The summed E-state index contributed by atoms with van der Waals surface area (Å²) in [6, 6.07) is 16.0. The molecule has 9 rings (SSSR count). The number of hydrogen-bond donors (Lipinski definition) is 2. The van der Waals surface area contributed by atoms with Gasteiger partial charge < -0.3 is 29.9 Å². The lowest BCUT2D eigenvalue weighted by Gasteiger charge is -2.43. The van der Waals surface area contributed by atoms with E-state index in [2.05, 4.69) is 55.3 Å². The Morgan fingerprint density at radius 1 is 0.845 bits per heavy atom. The van der Waals surface area contributed by atoms with Crippen LogP contribution in [0.25, 0.3) is 10.8 Å². The second-order valence-electron chi connectivity index (χ2n) is 16.9. The Kier molecular flexibility index (Phi) is 10.4. The van der Waals surface area contributed by atoms with Gasteiger partial charge in [-0.25, -0.2) is 9.97 Å². The minimum absolute atomic E-state index is 0.178. The molecule has 4 amide bonds. The number of amides is 4. The number of nitrogens with one attached hydrogen (secondary N) is 1. The molecule has 0 saturated carbocycles. The molecule has 2 aromatic heterocycles. The first-order chi connectivity index (χ1) is 28.2. The highest BCUT2D eigenvalue weighted by molar-refractivity contribution is 5.99. The van der Waals surface area contributed by atoms with E-state index >= 15 is 0 Å². The van der Waals surface area contributed by atoms with Gasteiger partial charge in [-0.3, -0.25) is 29.3 Å². The van der Waals surface area contributed by atoms with Crippen LogP contribution in [-0.4, -0.2) is 106 Å². The molecule has 302 valence electrons. The van der Waals surface area contributed by atoms with E-state index in [0.29, 0.717) is 42.2 Å². The van der Waals surface area contributed by atoms with E-state index in [1.165, 1.54) is 10.1 Å². The number of hydrogen-bond acceptors (Lipinski definition) is 10. The van der Waals surface area contributed by atoms with Crippen molar-refractivity contribution in [3.63, 3.8) is 0 Å². The number of likely N-dealkylation sites (tertiary alicyclic amines) is 2. The molecular formula is C44H51N9O5. The van der Waals surface area contributed by atoms with E-state index in [9.17, 15) is 24.0 Å². The second kappa shape index (κ2) is 16.0. The van der Waals surface area contributed by atoms with Gasteiger partial charge in [0, 0.05) is 101 Å². The first-order valence-electron chi connectivity index (χ1n) is 20.9. The van der Waals surface area contributed by atoms with E-state index in [1.54, 1.807) is 12.4 Å². The number of aromatic nitrogens is 3. The summed E-state index contributed by atoms with van der Waals surface area (Å²) in [7, 11) is 0. The summed E-state index contributed by atoms with van der Waals surface area (Å²) in [5.41, 5.74) is 9.79. The lowest BCUT2D eigenvalue weighted by atomic mass is 9.88. The third kappa shape index (κ3) is 7.69. The van der Waals surface area contributed by atoms with Gasteiger partial charge >= 0.3 is 0 Å². The van der Waals surface area contributed by atoms with Crippen LogP contribution in [0.3, 0.4) is 0 Å². The van der Waals surface area contributed by atoms with Crippen LogP contribution in [0.4, 0.5) is 11.5 Å². The summed E-state index contributed by atoms with van der Waals surface area (Å²) in [4.78, 5) is 80.6. The number of imide groups is 1. The summed E-state index contributed by atoms with van der Waals surface area (Å²) < 4.78 is 1.45. The van der Waals surface area contributed by atoms with E-state index in [-0.39, 0.29) is 35.5 Å². The number of nitrogens with zero attached hydrogens (tertiary/aromatic N) is 7. The van der Waals surface area contributed by atoms with Crippen molar-refractivity contribution in [1.29, 1.82) is 0 Å². The lowest BCUT2D eigenvalue weighted by Crippen LogP contribution is -2.48. The number of benzene rings is 2. The second-order valence-corrected chi connectivity index (χ2v) is 16.9. The number of pyridine rings is 1. The monoisotopic (exact) mass is 785 g/mol. The van der Waals surface area contributed by atoms with Gasteiger partial charge in [-0.05, 0) is 85.2 Å². The van der Waals surface area contributed by atoms with Gasteiger partial charge in [0.25, 0.3) is 11.5 Å². The minimum atomic E-state index is -0.667. The Bertz CT molecular complexity index is 2300. The van der Waals surface area contributed by atoms with E-state index < -0.39 is 17.9 Å². The molecule has 0 spiro atoms. The van der Waals surface area contributed by atoms with Crippen molar-refractivity contribution in [3.05, 3.63) is 93.8 Å². The molecule has 5 aliphatic heterocycles. The van der Waals surface area contributed by atoms with E-state index in [1.807, 2.05) is 23.1 Å². The highest BCUT2D eigenvalue weighted by Crippen LogP contribution is 2.32. The molecule has 58 heavy (non-hydrogen) atoms. The van der Waals surface area contributed by atoms with Gasteiger partial charge in [0.15, 0.2) is 0 Å². The Labute approximate surface area is 337 Å². The van der Waals surface area contributed by atoms with E-state index in [0.717, 1.165) is 107 Å². The van der Waals surface area contributed by atoms with Gasteiger partial charge in [-0.1, -0.05) is 24.3 Å². The fraction of sp³-hybridized carbons (Fsp3) is 0.477. The Balaban J connectivity index is 0.762. The van der Waals surface area contributed by atoms with Crippen LogP contribution in [0.1, 0.15) is 90.6 Å². The van der Waals surface area contributed by atoms with Crippen LogP contribution in [0.5, 0.6) is 0 Å². The normalized spacial score (nSPS) is 22.4. The maximum atomic E-state index is 13.3. The Morgan fingerprint density at radius 2 is 1.66 bits per heavy atom. The third-order valence-electron chi connectivity index (χ3n) is 13.1. The Hall–Kier alpha value is -5.63. The van der Waals surface area contributed by atoms with Crippen molar-refractivity contribution < 1.29 is 19.2 Å². The molecule has 2 atom stereocenters. The van der Waals surface area contributed by atoms with E-state index in [4.69, 9.17) is 10.7 Å². The van der Waals surface area contributed by atoms with Crippen molar-refractivity contribution in [3.8, 4) is 0 Å². The largest absolute Gasteiger partial charge is 0.371 e. The molecule has 0 bridgehead atoms. The Morgan fingerprint density at radius 3 is 2.40 bits per heavy atom. The molecule has 4 aromatic rings. The number of piperidine rings is 3. The molecule has 14 nitrogen and oxygen atoms in total. The maximum Gasteiger partial charge on any atom is 0.269 e. The number of primary amides is 1. The molecule has 5 fully saturated rings. The average Bonchev–Trinajstić information content (AvgIpc) is 3.65. The zero-order valence-corrected chi connectivity index (χ0v) is 32.9. The SMILES string of the molecule is NC(=O)c1ncc(N2CCC[C@H](N3CCCC3=O)C2)nc1Cc1ccc(C2CN(CC3CCN(c4ccc5c(=O)n(C6CCC(=O)NC6=O)ccc5c4)CC3)C2)cc1. The first-order valence-corrected chi connectivity index (χ1v) is 20.9. The summed E-state index contributed by atoms with van der Waals surface area (Å²) in [6.45, 7) is 7.48. The smallest absolute Gasteiger partial charge is 0.269 e. The molecule has 5 aliphatic rings. The van der Waals surface area contributed by atoms with Crippen molar-refractivity contribution >= 4 is 45.9 Å². The standard InChI is InChI=1S/C44H51N9O5/c45-42(56)41-36(47-38(23-46-41)51-16-1-3-34(27-51)52-17-2-4-40(52)55)21-28-5-7-30(8-6-28)32-25-49(26-32)24-29-13-18-50(19-14-29)33-9-10-35-31(22-33)15-20-53(44(35)58)37-11-12-39(54)48-43(37)57/h5-10,15,20,22-23,29,32,34,37H,1-4,11-14,16-19,21,24-27H2,(H2,45,56)(H,48,54,57)/t34-,37?/m0/s1. The summed E-state index contributed by atoms with van der Waals surface area (Å²) in [6.07, 6.45) is 10.1. The molecule has 7 heterocycles. The van der Waals surface area contributed by atoms with Crippen LogP contribution in [0, 0.1) is 5.92 Å². The zero-order chi connectivity index (χ0) is 39.9. The van der Waals surface area contributed by atoms with Gasteiger partial charge in [0.05, 0.1) is 11.9 Å². The fourth-order valence-corrected chi connectivity index (χ4v) is 9.78. The molecule has 5 saturated heterocycles. The molecule has 14 heteroatoms. The summed E-state index contributed by atoms with van der Waals surface area (Å²) >= 11 is 0. The zero-order valence-electron chi connectivity index (χ0n) is 32.9. The number of nitrogens with two attached hydrogens (primary N) is 1. The summed E-state index contributed by atoms with van der Waals surface area (Å²) in [5, 5.41) is 3.77. The number of carbonyl (C=O) groups is 4. The number of carbonyl (C=O) groups excluding carboxylic acids is 4. The molecule has 2 aromatic carbocycles. The van der Waals surface area contributed by atoms with Gasteiger partial charge in [-0.15, -0.1) is 0 Å². The first kappa shape index (κ1) is 37.9. The number of anilines is 2. The molecular weight excluding hydrogens is 735 g/mol. The molecule has 0 radical (unpaired) electrons. The number of rotatable bonds is 10. The van der Waals surface area contributed by atoms with Crippen molar-refractivity contribution in [1.82, 2.24) is 29.7 Å². The molecule has 3 N–H and O–H groups in total. The molecule has 1 unspecified atom stereocenters. The van der Waals surface area contributed by atoms with Gasteiger partial charge in [-0.2, -0.15) is 0 Å². The highest BCUT2D eigenvalue weighted by atomic mass is 16.2. The third-order valence-corrected chi connectivity index (χ3v) is 13.1. The minimum Gasteiger partial charge on any atom is -0.371 e. The summed E-state index contributed by atoms with van der Waals surface area (Å²) in [5.74, 6) is 0.789. The van der Waals surface area contributed by atoms with Gasteiger partial charge in [0.1, 0.15) is 17.6 Å². The molecule has 0 aliphatic carbocycles. The van der Waals surface area contributed by atoms with Crippen LogP contribution in [0.2, 0.25) is 0 Å². The van der Waals surface area contributed by atoms with Crippen molar-refractivity contribution in [2.45, 2.75) is 75.8 Å². The maximum absolute atomic E-state index is 13.3. The van der Waals surface area contributed by atoms with Crippen LogP contribution in [-0.2, 0) is 20.8 Å². The van der Waals surface area contributed by atoms with Crippen LogP contribution >= 0.6 is 0 Å². The quantitative estimate of drug-likeness (QED) is 0.228. The topological polar surface area (TPSA) is 167 Å². The lowest BCUT2D eigenvalue weighted by molar-refractivity contribution is -0.136. The highest BCUT2D eigenvalue weighted by Gasteiger charge is 2.34. The average molecular weight is 786 g/mol. The van der Waals surface area contributed by atoms with Crippen molar-refractivity contribution in [2.24, 2.45) is 11.7 Å². The predicted octanol–water partition coefficient (Wildman–Crippen LogP) is 3.37. The van der Waals surface area contributed by atoms with Crippen LogP contribution < -0.4 is 26.4 Å². The van der Waals surface area contributed by atoms with Crippen molar-refractivity contribution in [2.75, 3.05) is 62.2 Å².